The second-order valence-electron chi connectivity index (χ2n) is 4.63. The lowest BCUT2D eigenvalue weighted by Crippen LogP contribution is -2.33. The van der Waals surface area contributed by atoms with E-state index in [0.29, 0.717) is 13.2 Å². The molecule has 2 aliphatic heterocycles. The van der Waals surface area contributed by atoms with E-state index < -0.39 is 11.9 Å². The molecule has 4 nitrogen and oxygen atoms in total. The lowest BCUT2D eigenvalue weighted by molar-refractivity contribution is -0.0603. The van der Waals surface area contributed by atoms with E-state index in [9.17, 15) is 10.2 Å². The van der Waals surface area contributed by atoms with Gasteiger partial charge in [0, 0.05) is 0 Å². The summed E-state index contributed by atoms with van der Waals surface area (Å²) in [6.07, 6.45) is -0.924. The summed E-state index contributed by atoms with van der Waals surface area (Å²) in [5.74, 6) is 0. The fourth-order valence-electron chi connectivity index (χ4n) is 2.18. The van der Waals surface area contributed by atoms with Crippen LogP contribution < -0.4 is 0 Å². The quantitative estimate of drug-likeness (QED) is 0.690. The maximum Gasteiger partial charge on any atom is 0.186 e. The van der Waals surface area contributed by atoms with Gasteiger partial charge >= 0.3 is 0 Å². The van der Waals surface area contributed by atoms with Gasteiger partial charge in [0.2, 0.25) is 0 Å². The fourth-order valence-corrected chi connectivity index (χ4v) is 2.18. The minimum absolute atomic E-state index is 0.232. The van der Waals surface area contributed by atoms with Crippen molar-refractivity contribution in [2.45, 2.75) is 31.5 Å². The van der Waals surface area contributed by atoms with Crippen LogP contribution in [-0.4, -0.2) is 23.1 Å². The molecule has 2 aliphatic rings. The third-order valence-electron chi connectivity index (χ3n) is 3.15. The van der Waals surface area contributed by atoms with Gasteiger partial charge in [-0.3, -0.25) is 0 Å². The molecule has 86 valence electrons. The smallest absolute Gasteiger partial charge is 0.186 e. The third kappa shape index (κ3) is 1.55. The Hall–Kier alpha value is -0.940. The molecule has 4 heteroatoms. The van der Waals surface area contributed by atoms with Gasteiger partial charge in [-0.2, -0.15) is 0 Å². The molecule has 0 spiro atoms. The Morgan fingerprint density at radius 1 is 1.44 bits per heavy atom. The van der Waals surface area contributed by atoms with Crippen molar-refractivity contribution in [2.24, 2.45) is 0 Å². The van der Waals surface area contributed by atoms with Crippen molar-refractivity contribution in [3.05, 3.63) is 34.9 Å². The van der Waals surface area contributed by atoms with Crippen LogP contribution in [0.4, 0.5) is 0 Å². The number of benzene rings is 1. The summed E-state index contributed by atoms with van der Waals surface area (Å²) in [6, 6.07) is 5.73. The van der Waals surface area contributed by atoms with Crippen molar-refractivity contribution in [3.63, 3.8) is 0 Å². The van der Waals surface area contributed by atoms with Gasteiger partial charge < -0.3 is 19.7 Å². The topological polar surface area (TPSA) is 62.2 Å². The summed E-state index contributed by atoms with van der Waals surface area (Å²) >= 11 is 0. The summed E-state index contributed by atoms with van der Waals surface area (Å²) in [4.78, 5) is 0. The van der Waals surface area contributed by atoms with Gasteiger partial charge in [-0.05, 0) is 29.7 Å². The van der Waals surface area contributed by atoms with Crippen molar-refractivity contribution in [1.29, 1.82) is 0 Å². The average molecular weight is 222 g/mol. The predicted octanol–water partition coefficient (Wildman–Crippen LogP) is 0.814. The summed E-state index contributed by atoms with van der Waals surface area (Å²) in [5.41, 5.74) is 1.83. The minimum Gasteiger partial charge on any atom is -0.383 e. The summed E-state index contributed by atoms with van der Waals surface area (Å²) in [7, 11) is 0. The molecule has 0 radical (unpaired) electrons. The maximum atomic E-state index is 10.2. The van der Waals surface area contributed by atoms with Gasteiger partial charge in [-0.15, -0.1) is 0 Å². The number of rotatable bonds is 1. The predicted molar refractivity (Wildman–Crippen MR) is 55.5 cm³/mol. The Morgan fingerprint density at radius 2 is 2.19 bits per heavy atom. The van der Waals surface area contributed by atoms with Crippen LogP contribution >= 0.6 is 0 Å². The van der Waals surface area contributed by atoms with Crippen molar-refractivity contribution in [3.8, 4) is 0 Å². The summed E-state index contributed by atoms with van der Waals surface area (Å²) in [5, 5.41) is 19.4. The van der Waals surface area contributed by atoms with Gasteiger partial charge in [0.1, 0.15) is 11.7 Å². The number of fused-ring (bicyclic) bond motifs is 1. The van der Waals surface area contributed by atoms with Crippen molar-refractivity contribution < 1.29 is 19.7 Å². The Morgan fingerprint density at radius 3 is 2.88 bits per heavy atom. The molecular weight excluding hydrogens is 208 g/mol. The summed E-state index contributed by atoms with van der Waals surface area (Å²) < 4.78 is 10.3. The number of ether oxygens (including phenoxy) is 2. The molecule has 0 amide bonds. The molecule has 2 unspecified atom stereocenters. The highest BCUT2D eigenvalue weighted by molar-refractivity contribution is 5.38. The van der Waals surface area contributed by atoms with Crippen LogP contribution in [0.3, 0.4) is 0 Å². The van der Waals surface area contributed by atoms with Crippen molar-refractivity contribution in [1.82, 2.24) is 0 Å². The lowest BCUT2D eigenvalue weighted by Gasteiger charge is -2.31. The van der Waals surface area contributed by atoms with Crippen LogP contribution in [0.2, 0.25) is 0 Å². The molecule has 0 bridgehead atoms. The molecule has 1 saturated heterocycles. The van der Waals surface area contributed by atoms with E-state index in [1.54, 1.807) is 6.92 Å². The minimum atomic E-state index is -0.955. The molecule has 2 N–H and O–H groups in total. The van der Waals surface area contributed by atoms with Crippen molar-refractivity contribution in [2.75, 3.05) is 6.61 Å². The molecule has 2 heterocycles. The standard InChI is InChI=1S/C12H14O4/c1-12(14)6-15-5-8-3-2-7(4-9(8)12)10-11(13)16-10/h2-4,10-11,13-14H,5-6H2,1H3/t10?,11?,12-/m0/s1. The van der Waals surface area contributed by atoms with Crippen LogP contribution in [0.1, 0.15) is 29.7 Å². The van der Waals surface area contributed by atoms with E-state index in [1.807, 2.05) is 18.2 Å². The monoisotopic (exact) mass is 222 g/mol. The summed E-state index contributed by atoms with van der Waals surface area (Å²) in [6.45, 7) is 2.57. The molecule has 1 aromatic carbocycles. The first-order chi connectivity index (χ1) is 7.58. The zero-order valence-corrected chi connectivity index (χ0v) is 9.01. The van der Waals surface area contributed by atoms with Gasteiger partial charge in [0.05, 0.1) is 13.2 Å². The Bertz CT molecular complexity index is 427. The fraction of sp³-hybridized carbons (Fsp3) is 0.500. The lowest BCUT2D eigenvalue weighted by atomic mass is 9.88. The highest BCUT2D eigenvalue weighted by Gasteiger charge is 2.40. The van der Waals surface area contributed by atoms with Gasteiger partial charge in [-0.1, -0.05) is 12.1 Å². The Labute approximate surface area is 93.4 Å². The zero-order chi connectivity index (χ0) is 11.3. The number of aliphatic hydroxyl groups excluding tert-OH is 1. The molecule has 1 aromatic rings. The van der Waals surface area contributed by atoms with E-state index in [-0.39, 0.29) is 6.10 Å². The van der Waals surface area contributed by atoms with E-state index in [2.05, 4.69) is 0 Å². The van der Waals surface area contributed by atoms with Crippen LogP contribution in [0.5, 0.6) is 0 Å². The van der Waals surface area contributed by atoms with Gasteiger partial charge in [0.15, 0.2) is 6.29 Å². The molecule has 0 aliphatic carbocycles. The molecular formula is C12H14O4. The number of hydrogen-bond donors (Lipinski definition) is 2. The molecule has 0 aromatic heterocycles. The van der Waals surface area contributed by atoms with Crippen LogP contribution in [-0.2, 0) is 21.7 Å². The highest BCUT2D eigenvalue weighted by Crippen LogP contribution is 2.39. The third-order valence-corrected chi connectivity index (χ3v) is 3.15. The average Bonchev–Trinajstić information content (AvgIpc) is 2.95. The van der Waals surface area contributed by atoms with Crippen LogP contribution in [0.15, 0.2) is 18.2 Å². The molecule has 3 atom stereocenters. The molecule has 0 saturated carbocycles. The molecule has 3 rings (SSSR count). The van der Waals surface area contributed by atoms with Gasteiger partial charge in [0.25, 0.3) is 0 Å². The molecule has 1 fully saturated rings. The number of hydrogen-bond acceptors (Lipinski definition) is 4. The first kappa shape index (κ1) is 10.2. The highest BCUT2D eigenvalue weighted by atomic mass is 16.7. The Kier molecular flexibility index (Phi) is 2.09. The van der Waals surface area contributed by atoms with E-state index >= 15 is 0 Å². The zero-order valence-electron chi connectivity index (χ0n) is 9.01. The number of aliphatic hydroxyl groups is 2. The first-order valence-corrected chi connectivity index (χ1v) is 5.35. The number of epoxide rings is 1. The second-order valence-corrected chi connectivity index (χ2v) is 4.63. The van der Waals surface area contributed by atoms with E-state index in [0.717, 1.165) is 16.7 Å². The SMILES string of the molecule is C[C@]1(O)COCc2ccc(C3OC3O)cc21. The first-order valence-electron chi connectivity index (χ1n) is 5.35. The van der Waals surface area contributed by atoms with E-state index in [4.69, 9.17) is 9.47 Å². The van der Waals surface area contributed by atoms with Crippen LogP contribution in [0.25, 0.3) is 0 Å². The van der Waals surface area contributed by atoms with Gasteiger partial charge in [-0.25, -0.2) is 0 Å². The molecule has 16 heavy (non-hydrogen) atoms. The largest absolute Gasteiger partial charge is 0.383 e. The second kappa shape index (κ2) is 3.28. The Balaban J connectivity index is 2.02. The van der Waals surface area contributed by atoms with E-state index in [1.165, 1.54) is 0 Å². The van der Waals surface area contributed by atoms with Crippen molar-refractivity contribution >= 4 is 0 Å². The maximum absolute atomic E-state index is 10.2. The normalized spacial score (nSPS) is 36.9. The van der Waals surface area contributed by atoms with Crippen LogP contribution in [0, 0.1) is 0 Å².